The lowest BCUT2D eigenvalue weighted by molar-refractivity contribution is -0.120. The van der Waals surface area contributed by atoms with Crippen molar-refractivity contribution >= 4 is 27.7 Å². The van der Waals surface area contributed by atoms with Crippen molar-refractivity contribution < 1.29 is 13.2 Å². The summed E-state index contributed by atoms with van der Waals surface area (Å²) in [5.41, 5.74) is 0.777. The third-order valence-corrected chi connectivity index (χ3v) is 4.83. The SMILES string of the molecule is CC(Sc1ncccn1)C(=O)NCc1ccc(S(N)(=O)=O)cc1. The van der Waals surface area contributed by atoms with E-state index in [2.05, 4.69) is 15.3 Å². The number of carbonyl (C=O) groups is 1. The van der Waals surface area contributed by atoms with E-state index in [4.69, 9.17) is 5.14 Å². The second-order valence-electron chi connectivity index (χ2n) is 4.70. The molecule has 23 heavy (non-hydrogen) atoms. The van der Waals surface area contributed by atoms with Gasteiger partial charge in [-0.2, -0.15) is 0 Å². The molecule has 2 rings (SSSR count). The summed E-state index contributed by atoms with van der Waals surface area (Å²) in [6.45, 7) is 2.06. The van der Waals surface area contributed by atoms with E-state index in [9.17, 15) is 13.2 Å². The number of nitrogens with one attached hydrogen (secondary N) is 1. The molecule has 1 atom stereocenters. The number of carbonyl (C=O) groups excluding carboxylic acids is 1. The Bertz CT molecular complexity index is 764. The largest absolute Gasteiger partial charge is 0.351 e. The van der Waals surface area contributed by atoms with Gasteiger partial charge in [-0.15, -0.1) is 0 Å². The fourth-order valence-corrected chi connectivity index (χ4v) is 2.95. The topological polar surface area (TPSA) is 115 Å². The summed E-state index contributed by atoms with van der Waals surface area (Å²) in [5.74, 6) is -0.155. The molecule has 3 N–H and O–H groups in total. The minimum atomic E-state index is -3.70. The average Bonchev–Trinajstić information content (AvgIpc) is 2.53. The Morgan fingerprint density at radius 1 is 1.26 bits per heavy atom. The van der Waals surface area contributed by atoms with Crippen molar-refractivity contribution in [3.05, 3.63) is 48.3 Å². The van der Waals surface area contributed by atoms with Crippen molar-refractivity contribution in [2.24, 2.45) is 5.14 Å². The van der Waals surface area contributed by atoms with Gasteiger partial charge in [0.1, 0.15) is 0 Å². The number of rotatable bonds is 6. The van der Waals surface area contributed by atoms with E-state index < -0.39 is 10.0 Å². The van der Waals surface area contributed by atoms with Crippen LogP contribution >= 0.6 is 11.8 Å². The van der Waals surface area contributed by atoms with Crippen LogP contribution in [0.15, 0.2) is 52.8 Å². The molecular formula is C14H16N4O3S2. The van der Waals surface area contributed by atoms with E-state index in [1.807, 2.05) is 0 Å². The van der Waals surface area contributed by atoms with Crippen LogP contribution < -0.4 is 10.5 Å². The van der Waals surface area contributed by atoms with Crippen molar-refractivity contribution in [1.82, 2.24) is 15.3 Å². The van der Waals surface area contributed by atoms with Crippen LogP contribution in [0.1, 0.15) is 12.5 Å². The van der Waals surface area contributed by atoms with Crippen molar-refractivity contribution in [3.8, 4) is 0 Å². The molecule has 0 aliphatic rings. The van der Waals surface area contributed by atoms with Gasteiger partial charge in [0.25, 0.3) is 0 Å². The minimum Gasteiger partial charge on any atom is -0.351 e. The van der Waals surface area contributed by atoms with Crippen molar-refractivity contribution in [2.75, 3.05) is 0 Å². The molecule has 1 unspecified atom stereocenters. The maximum Gasteiger partial charge on any atom is 0.238 e. The summed E-state index contributed by atoms with van der Waals surface area (Å²) >= 11 is 1.26. The molecule has 0 saturated carbocycles. The number of nitrogens with zero attached hydrogens (tertiary/aromatic N) is 2. The summed E-state index contributed by atoms with van der Waals surface area (Å²) in [5, 5.41) is 8.00. The normalized spacial score (nSPS) is 12.6. The van der Waals surface area contributed by atoms with E-state index in [0.717, 1.165) is 5.56 Å². The number of amides is 1. The molecule has 0 fully saturated rings. The zero-order valence-electron chi connectivity index (χ0n) is 12.3. The van der Waals surface area contributed by atoms with E-state index >= 15 is 0 Å². The quantitative estimate of drug-likeness (QED) is 0.590. The van der Waals surface area contributed by atoms with Gasteiger partial charge in [0.2, 0.25) is 15.9 Å². The third kappa shape index (κ3) is 5.31. The molecule has 9 heteroatoms. The standard InChI is InChI=1S/C14H16N4O3S2/c1-10(22-14-16-7-2-8-17-14)13(19)18-9-11-3-5-12(6-4-11)23(15,20)21/h2-8,10H,9H2,1H3,(H,18,19)(H2,15,20,21). The predicted octanol–water partition coefficient (Wildman–Crippen LogP) is 0.921. The van der Waals surface area contributed by atoms with E-state index in [1.54, 1.807) is 37.5 Å². The lowest BCUT2D eigenvalue weighted by Gasteiger charge is -2.11. The van der Waals surface area contributed by atoms with Crippen LogP contribution in [-0.2, 0) is 21.4 Å². The fourth-order valence-electron chi connectivity index (χ4n) is 1.69. The van der Waals surface area contributed by atoms with Crippen LogP contribution in [0, 0.1) is 0 Å². The molecule has 0 spiro atoms. The average molecular weight is 352 g/mol. The molecule has 122 valence electrons. The lowest BCUT2D eigenvalue weighted by Crippen LogP contribution is -2.30. The number of hydrogen-bond donors (Lipinski definition) is 2. The predicted molar refractivity (Wildman–Crippen MR) is 87.0 cm³/mol. The van der Waals surface area contributed by atoms with Crippen molar-refractivity contribution in [1.29, 1.82) is 0 Å². The summed E-state index contributed by atoms with van der Waals surface area (Å²) < 4.78 is 22.3. The first-order valence-electron chi connectivity index (χ1n) is 6.69. The van der Waals surface area contributed by atoms with Crippen LogP contribution in [0.2, 0.25) is 0 Å². The molecule has 0 saturated heterocycles. The first kappa shape index (κ1) is 17.4. The van der Waals surface area contributed by atoms with Gasteiger partial charge in [0.05, 0.1) is 10.1 Å². The number of hydrogen-bond acceptors (Lipinski definition) is 6. The minimum absolute atomic E-state index is 0.0396. The Kier molecular flexibility index (Phi) is 5.69. The van der Waals surface area contributed by atoms with Gasteiger partial charge in [0.15, 0.2) is 5.16 Å². The highest BCUT2D eigenvalue weighted by molar-refractivity contribution is 8.00. The Balaban J connectivity index is 1.89. The Morgan fingerprint density at radius 2 is 1.87 bits per heavy atom. The second-order valence-corrected chi connectivity index (χ2v) is 7.57. The molecule has 1 amide bonds. The number of sulfonamides is 1. The molecule has 1 heterocycles. The highest BCUT2D eigenvalue weighted by atomic mass is 32.2. The van der Waals surface area contributed by atoms with Gasteiger partial charge in [-0.25, -0.2) is 23.5 Å². The van der Waals surface area contributed by atoms with Crippen LogP contribution in [0.5, 0.6) is 0 Å². The number of benzene rings is 1. The van der Waals surface area contributed by atoms with Crippen LogP contribution in [0.4, 0.5) is 0 Å². The lowest BCUT2D eigenvalue weighted by atomic mass is 10.2. The molecule has 0 aliphatic carbocycles. The van der Waals surface area contributed by atoms with Crippen LogP contribution in [0.3, 0.4) is 0 Å². The monoisotopic (exact) mass is 352 g/mol. The Morgan fingerprint density at radius 3 is 2.43 bits per heavy atom. The zero-order valence-corrected chi connectivity index (χ0v) is 14.0. The van der Waals surface area contributed by atoms with Gasteiger partial charge in [-0.3, -0.25) is 4.79 Å². The molecule has 0 aliphatic heterocycles. The molecule has 0 radical (unpaired) electrons. The highest BCUT2D eigenvalue weighted by Crippen LogP contribution is 2.18. The van der Waals surface area contributed by atoms with Gasteiger partial charge < -0.3 is 5.32 Å². The van der Waals surface area contributed by atoms with Gasteiger partial charge in [-0.05, 0) is 30.7 Å². The summed E-state index contributed by atoms with van der Waals surface area (Å²) in [6.07, 6.45) is 3.24. The number of primary sulfonamides is 1. The molecule has 7 nitrogen and oxygen atoms in total. The van der Waals surface area contributed by atoms with Gasteiger partial charge >= 0.3 is 0 Å². The zero-order chi connectivity index (χ0) is 16.9. The Labute approximate surface area is 138 Å². The maximum atomic E-state index is 12.0. The first-order chi connectivity index (χ1) is 10.9. The van der Waals surface area contributed by atoms with Crippen LogP contribution in [-0.4, -0.2) is 29.5 Å². The maximum absolute atomic E-state index is 12.0. The van der Waals surface area contributed by atoms with Gasteiger partial charge in [-0.1, -0.05) is 23.9 Å². The van der Waals surface area contributed by atoms with E-state index in [1.165, 1.54) is 23.9 Å². The van der Waals surface area contributed by atoms with E-state index in [0.29, 0.717) is 11.7 Å². The van der Waals surface area contributed by atoms with Crippen molar-refractivity contribution in [2.45, 2.75) is 28.8 Å². The third-order valence-electron chi connectivity index (χ3n) is 2.91. The molecule has 0 bridgehead atoms. The summed E-state index contributed by atoms with van der Waals surface area (Å²) in [7, 11) is -3.70. The molecule has 2 aromatic rings. The van der Waals surface area contributed by atoms with E-state index in [-0.39, 0.29) is 16.1 Å². The molecule has 1 aromatic carbocycles. The number of thioether (sulfide) groups is 1. The summed E-state index contributed by atoms with van der Waals surface area (Å²) in [6, 6.07) is 7.75. The smallest absolute Gasteiger partial charge is 0.238 e. The molecule has 1 aromatic heterocycles. The second kappa shape index (κ2) is 7.53. The van der Waals surface area contributed by atoms with Gasteiger partial charge in [0, 0.05) is 18.9 Å². The van der Waals surface area contributed by atoms with Crippen LogP contribution in [0.25, 0.3) is 0 Å². The summed E-state index contributed by atoms with van der Waals surface area (Å²) in [4.78, 5) is 20.2. The fraction of sp³-hybridized carbons (Fsp3) is 0.214. The first-order valence-corrected chi connectivity index (χ1v) is 9.12. The van der Waals surface area contributed by atoms with Crippen molar-refractivity contribution in [3.63, 3.8) is 0 Å². The Hall–Kier alpha value is -1.97. The highest BCUT2D eigenvalue weighted by Gasteiger charge is 2.15. The number of aromatic nitrogens is 2. The molecular weight excluding hydrogens is 336 g/mol. The number of nitrogens with two attached hydrogens (primary N) is 1.